The van der Waals surface area contributed by atoms with Gasteiger partial charge in [0.2, 0.25) is 5.96 Å². The lowest BCUT2D eigenvalue weighted by atomic mass is 10.2. The number of halogens is 1. The van der Waals surface area contributed by atoms with Crippen LogP contribution in [0.1, 0.15) is 12.5 Å². The summed E-state index contributed by atoms with van der Waals surface area (Å²) in [5.41, 5.74) is 11.6. The van der Waals surface area contributed by atoms with E-state index in [0.29, 0.717) is 13.1 Å². The second-order valence-electron chi connectivity index (χ2n) is 3.36. The van der Waals surface area contributed by atoms with Crippen LogP contribution in [0, 0.1) is 5.41 Å². The van der Waals surface area contributed by atoms with Crippen LogP contribution in [0.2, 0.25) is 0 Å². The first-order valence-corrected chi connectivity index (χ1v) is 5.10. The molecule has 0 saturated heterocycles. The van der Waals surface area contributed by atoms with Crippen molar-refractivity contribution >= 4 is 24.3 Å². The van der Waals surface area contributed by atoms with Crippen molar-refractivity contribution in [3.8, 4) is 0 Å². The predicted molar refractivity (Wildman–Crippen MR) is 73.3 cm³/mol. The third-order valence-corrected chi connectivity index (χ3v) is 2.13. The fourth-order valence-electron chi connectivity index (χ4n) is 1.33. The first-order valence-electron chi connectivity index (χ1n) is 5.10. The van der Waals surface area contributed by atoms with E-state index >= 15 is 0 Å². The number of rotatable bonds is 3. The zero-order valence-electron chi connectivity index (χ0n) is 9.76. The van der Waals surface area contributed by atoms with Gasteiger partial charge in [0.1, 0.15) is 0 Å². The lowest BCUT2D eigenvalue weighted by molar-refractivity contribution is 0.428. The highest BCUT2D eigenvalue weighted by atomic mass is 35.5. The minimum atomic E-state index is -0.0866. The average molecular weight is 256 g/mol. The molecular weight excluding hydrogens is 238 g/mol. The van der Waals surface area contributed by atoms with E-state index in [1.54, 1.807) is 4.90 Å². The maximum atomic E-state index is 7.70. The molecule has 17 heavy (non-hydrogen) atoms. The molecule has 1 aromatic carbocycles. The van der Waals surface area contributed by atoms with E-state index in [-0.39, 0.29) is 24.3 Å². The maximum absolute atomic E-state index is 7.70. The van der Waals surface area contributed by atoms with Gasteiger partial charge in [-0.3, -0.25) is 5.41 Å². The van der Waals surface area contributed by atoms with Gasteiger partial charge in [0.15, 0.2) is 5.96 Å². The van der Waals surface area contributed by atoms with Crippen LogP contribution in [-0.4, -0.2) is 23.4 Å². The van der Waals surface area contributed by atoms with Crippen LogP contribution in [0.4, 0.5) is 0 Å². The summed E-state index contributed by atoms with van der Waals surface area (Å²) in [6.07, 6.45) is 0. The number of hydrogen-bond donors (Lipinski definition) is 3. The fraction of sp³-hybridized carbons (Fsp3) is 0.273. The largest absolute Gasteiger partial charge is 0.370 e. The molecule has 0 aliphatic heterocycles. The van der Waals surface area contributed by atoms with E-state index < -0.39 is 0 Å². The van der Waals surface area contributed by atoms with Gasteiger partial charge < -0.3 is 16.4 Å². The van der Waals surface area contributed by atoms with Gasteiger partial charge in [-0.15, -0.1) is 12.4 Å². The molecule has 0 radical (unpaired) electrons. The highest BCUT2D eigenvalue weighted by Gasteiger charge is 2.07. The van der Waals surface area contributed by atoms with Crippen molar-refractivity contribution in [2.45, 2.75) is 13.5 Å². The molecule has 5 nitrogen and oxygen atoms in total. The molecule has 0 fully saturated rings. The minimum Gasteiger partial charge on any atom is -0.370 e. The predicted octanol–water partition coefficient (Wildman–Crippen LogP) is 1.14. The van der Waals surface area contributed by atoms with E-state index in [0.717, 1.165) is 5.56 Å². The Balaban J connectivity index is 0.00000256. The summed E-state index contributed by atoms with van der Waals surface area (Å²) in [5.74, 6) is 0.00265. The van der Waals surface area contributed by atoms with Crippen molar-refractivity contribution in [2.75, 3.05) is 6.54 Å². The molecule has 0 amide bonds. The zero-order chi connectivity index (χ0) is 12.0. The topological polar surface area (TPSA) is 91.5 Å². The number of nitrogens with zero attached hydrogens (tertiary/aromatic N) is 2. The van der Waals surface area contributed by atoms with Crippen molar-refractivity contribution < 1.29 is 0 Å². The van der Waals surface area contributed by atoms with Crippen LogP contribution in [-0.2, 0) is 6.54 Å². The zero-order valence-corrected chi connectivity index (χ0v) is 10.6. The smallest absolute Gasteiger partial charge is 0.221 e. The highest BCUT2D eigenvalue weighted by Crippen LogP contribution is 2.04. The Morgan fingerprint density at radius 1 is 1.29 bits per heavy atom. The summed E-state index contributed by atoms with van der Waals surface area (Å²) in [7, 11) is 0. The Morgan fingerprint density at radius 3 is 2.35 bits per heavy atom. The number of guanidine groups is 2. The van der Waals surface area contributed by atoms with Crippen LogP contribution < -0.4 is 11.5 Å². The molecule has 0 spiro atoms. The minimum absolute atomic E-state index is 0. The van der Waals surface area contributed by atoms with E-state index in [1.165, 1.54) is 0 Å². The van der Waals surface area contributed by atoms with Gasteiger partial charge in [0.25, 0.3) is 0 Å². The highest BCUT2D eigenvalue weighted by molar-refractivity contribution is 5.91. The molecule has 0 unspecified atom stereocenters. The Kier molecular flexibility index (Phi) is 6.74. The van der Waals surface area contributed by atoms with E-state index in [2.05, 4.69) is 4.99 Å². The molecule has 94 valence electrons. The molecule has 6 heteroatoms. The van der Waals surface area contributed by atoms with Gasteiger partial charge in [-0.05, 0) is 12.5 Å². The molecule has 0 aliphatic rings. The van der Waals surface area contributed by atoms with Crippen molar-refractivity contribution in [1.29, 1.82) is 5.41 Å². The molecular formula is C11H18ClN5. The standard InChI is InChI=1S/C11H17N5.ClH/c1-2-16(11(14)15-10(12)13)8-9-6-4-3-5-7-9;/h3-7H,2,8H2,1H3,(H5,12,13,14,15);1H. The molecule has 0 atom stereocenters. The normalized spacial score (nSPS) is 9.00. The molecule has 0 bridgehead atoms. The quantitative estimate of drug-likeness (QED) is 0.559. The Labute approximate surface area is 107 Å². The van der Waals surface area contributed by atoms with Crippen molar-refractivity contribution in [3.05, 3.63) is 35.9 Å². The van der Waals surface area contributed by atoms with Crippen molar-refractivity contribution in [3.63, 3.8) is 0 Å². The lowest BCUT2D eigenvalue weighted by Crippen LogP contribution is -2.32. The third kappa shape index (κ3) is 5.21. The molecule has 0 saturated carbocycles. The summed E-state index contributed by atoms with van der Waals surface area (Å²) < 4.78 is 0. The lowest BCUT2D eigenvalue weighted by Gasteiger charge is -2.20. The van der Waals surface area contributed by atoms with Gasteiger partial charge in [-0.1, -0.05) is 30.3 Å². The Bertz CT molecular complexity index is 373. The molecule has 0 aromatic heterocycles. The second-order valence-corrected chi connectivity index (χ2v) is 3.36. The Hall–Kier alpha value is -1.75. The SMILES string of the molecule is CCN(Cc1ccccc1)C(=N)N=C(N)N.Cl. The summed E-state index contributed by atoms with van der Waals surface area (Å²) in [5, 5.41) is 7.70. The van der Waals surface area contributed by atoms with Crippen LogP contribution in [0.15, 0.2) is 35.3 Å². The number of nitrogens with one attached hydrogen (secondary N) is 1. The summed E-state index contributed by atoms with van der Waals surface area (Å²) in [6, 6.07) is 9.90. The molecule has 0 aliphatic carbocycles. The molecule has 1 aromatic rings. The summed E-state index contributed by atoms with van der Waals surface area (Å²) in [4.78, 5) is 5.51. The van der Waals surface area contributed by atoms with Gasteiger partial charge in [-0.25, -0.2) is 0 Å². The van der Waals surface area contributed by atoms with Crippen molar-refractivity contribution in [2.24, 2.45) is 16.5 Å². The van der Waals surface area contributed by atoms with E-state index in [4.69, 9.17) is 16.9 Å². The van der Waals surface area contributed by atoms with E-state index in [9.17, 15) is 0 Å². The van der Waals surface area contributed by atoms with Crippen LogP contribution in [0.25, 0.3) is 0 Å². The first-order chi connectivity index (χ1) is 7.63. The number of hydrogen-bond acceptors (Lipinski definition) is 1. The van der Waals surface area contributed by atoms with Gasteiger partial charge in [0, 0.05) is 13.1 Å². The number of nitrogens with two attached hydrogens (primary N) is 2. The number of benzene rings is 1. The molecule has 1 rings (SSSR count). The Morgan fingerprint density at radius 2 is 1.88 bits per heavy atom. The van der Waals surface area contributed by atoms with Gasteiger partial charge in [0.05, 0.1) is 0 Å². The van der Waals surface area contributed by atoms with Crippen LogP contribution in [0.3, 0.4) is 0 Å². The molecule has 0 heterocycles. The summed E-state index contributed by atoms with van der Waals surface area (Å²) >= 11 is 0. The third-order valence-electron chi connectivity index (χ3n) is 2.13. The summed E-state index contributed by atoms with van der Waals surface area (Å²) in [6.45, 7) is 3.27. The fourth-order valence-corrected chi connectivity index (χ4v) is 1.33. The number of aliphatic imine (C=N–C) groups is 1. The van der Waals surface area contributed by atoms with Gasteiger partial charge in [-0.2, -0.15) is 4.99 Å². The van der Waals surface area contributed by atoms with Crippen LogP contribution in [0.5, 0.6) is 0 Å². The van der Waals surface area contributed by atoms with Crippen molar-refractivity contribution in [1.82, 2.24) is 4.90 Å². The average Bonchev–Trinajstić information content (AvgIpc) is 2.26. The van der Waals surface area contributed by atoms with Gasteiger partial charge >= 0.3 is 0 Å². The first kappa shape index (κ1) is 15.2. The molecule has 5 N–H and O–H groups in total. The maximum Gasteiger partial charge on any atom is 0.221 e. The van der Waals surface area contributed by atoms with Crippen LogP contribution >= 0.6 is 12.4 Å². The van der Waals surface area contributed by atoms with E-state index in [1.807, 2.05) is 37.3 Å². The second kappa shape index (κ2) is 7.51. The monoisotopic (exact) mass is 255 g/mol.